The SMILES string of the molecule is O=C(CN(Cc1ccccc1)CP(=O)(O)O)N[O-]. The van der Waals surface area contributed by atoms with Crippen LogP contribution in [-0.4, -0.2) is 33.4 Å². The van der Waals surface area contributed by atoms with E-state index in [9.17, 15) is 14.6 Å². The first-order chi connectivity index (χ1) is 8.40. The summed E-state index contributed by atoms with van der Waals surface area (Å²) in [6.07, 6.45) is -0.574. The van der Waals surface area contributed by atoms with Crippen LogP contribution in [0.15, 0.2) is 30.3 Å². The number of hydrogen-bond acceptors (Lipinski definition) is 4. The molecule has 0 atom stereocenters. The molecule has 1 aromatic rings. The summed E-state index contributed by atoms with van der Waals surface area (Å²) >= 11 is 0. The molecule has 1 amide bonds. The summed E-state index contributed by atoms with van der Waals surface area (Å²) in [7, 11) is -4.28. The van der Waals surface area contributed by atoms with Crippen LogP contribution in [0.5, 0.6) is 0 Å². The summed E-state index contributed by atoms with van der Waals surface area (Å²) in [6, 6.07) is 8.89. The number of amides is 1. The van der Waals surface area contributed by atoms with E-state index in [1.165, 1.54) is 10.4 Å². The van der Waals surface area contributed by atoms with Crippen LogP contribution in [0.2, 0.25) is 0 Å². The highest BCUT2D eigenvalue weighted by Gasteiger charge is 2.20. The van der Waals surface area contributed by atoms with Crippen molar-refractivity contribution in [1.29, 1.82) is 0 Å². The van der Waals surface area contributed by atoms with Crippen molar-refractivity contribution >= 4 is 13.5 Å². The van der Waals surface area contributed by atoms with Crippen LogP contribution in [0, 0.1) is 5.21 Å². The van der Waals surface area contributed by atoms with Crippen LogP contribution < -0.4 is 5.48 Å². The number of carbonyl (C=O) groups is 1. The molecule has 0 aliphatic heterocycles. The number of carbonyl (C=O) groups excluding carboxylic acids is 1. The maximum absolute atomic E-state index is 11.0. The summed E-state index contributed by atoms with van der Waals surface area (Å²) in [5.41, 5.74) is 1.98. The first-order valence-corrected chi connectivity index (χ1v) is 6.92. The van der Waals surface area contributed by atoms with Crippen LogP contribution >= 0.6 is 7.60 Å². The molecule has 0 radical (unpaired) electrons. The summed E-state index contributed by atoms with van der Waals surface area (Å²) < 4.78 is 10.9. The molecule has 0 saturated carbocycles. The predicted octanol–water partition coefficient (Wildman–Crippen LogP) is 0.238. The number of hydrogen-bond donors (Lipinski definition) is 3. The summed E-state index contributed by atoms with van der Waals surface area (Å²) in [5, 5.41) is 10.2. The Kier molecular flexibility index (Phi) is 5.46. The molecular formula is C10H14N2O5P-. The maximum atomic E-state index is 11.0. The van der Waals surface area contributed by atoms with E-state index in [2.05, 4.69) is 0 Å². The second-order valence-electron chi connectivity index (χ2n) is 3.80. The van der Waals surface area contributed by atoms with Crippen molar-refractivity contribution in [3.05, 3.63) is 41.1 Å². The maximum Gasteiger partial charge on any atom is 0.339 e. The predicted molar refractivity (Wildman–Crippen MR) is 65.3 cm³/mol. The van der Waals surface area contributed by atoms with E-state index in [-0.39, 0.29) is 13.1 Å². The highest BCUT2D eigenvalue weighted by Crippen LogP contribution is 2.35. The molecule has 8 heteroatoms. The van der Waals surface area contributed by atoms with E-state index in [4.69, 9.17) is 9.79 Å². The van der Waals surface area contributed by atoms with Crippen LogP contribution in [0.4, 0.5) is 0 Å². The van der Waals surface area contributed by atoms with Crippen LogP contribution in [0.1, 0.15) is 5.56 Å². The molecular weight excluding hydrogens is 259 g/mol. The van der Waals surface area contributed by atoms with E-state index in [1.807, 2.05) is 0 Å². The quantitative estimate of drug-likeness (QED) is 0.505. The lowest BCUT2D eigenvalue weighted by Gasteiger charge is -2.23. The molecule has 0 saturated heterocycles. The van der Waals surface area contributed by atoms with Crippen LogP contribution in [0.3, 0.4) is 0 Å². The van der Waals surface area contributed by atoms with Gasteiger partial charge in [-0.3, -0.25) is 14.3 Å². The lowest BCUT2D eigenvalue weighted by atomic mass is 10.2. The van der Waals surface area contributed by atoms with E-state index in [1.54, 1.807) is 30.3 Å². The Morgan fingerprint density at radius 1 is 1.33 bits per heavy atom. The van der Waals surface area contributed by atoms with Crippen molar-refractivity contribution in [2.45, 2.75) is 6.54 Å². The third kappa shape index (κ3) is 5.90. The van der Waals surface area contributed by atoms with Crippen molar-refractivity contribution < 1.29 is 19.1 Å². The zero-order valence-corrected chi connectivity index (χ0v) is 10.4. The van der Waals surface area contributed by atoms with E-state index < -0.39 is 19.8 Å². The van der Waals surface area contributed by atoms with Gasteiger partial charge in [0, 0.05) is 6.54 Å². The van der Waals surface area contributed by atoms with Gasteiger partial charge in [0.25, 0.3) is 0 Å². The van der Waals surface area contributed by atoms with Gasteiger partial charge < -0.3 is 20.5 Å². The molecule has 0 aliphatic rings. The van der Waals surface area contributed by atoms with Gasteiger partial charge in [-0.25, -0.2) is 0 Å². The fourth-order valence-corrected chi connectivity index (χ4v) is 2.21. The molecule has 0 aromatic heterocycles. The standard InChI is InChI=1S/C10H14N2O5P/c13-10(11-14)7-12(8-18(15,16)17)6-9-4-2-1-3-5-9/h1-5H,6-8H2,(H3-,11,13,14,15,16,17)/q-1. The Morgan fingerprint density at radius 2 is 1.94 bits per heavy atom. The van der Waals surface area contributed by atoms with Gasteiger partial charge in [-0.1, -0.05) is 30.3 Å². The molecule has 0 spiro atoms. The minimum absolute atomic E-state index is 0.180. The fourth-order valence-electron chi connectivity index (χ4n) is 1.49. The number of benzene rings is 1. The molecule has 3 N–H and O–H groups in total. The third-order valence-corrected chi connectivity index (χ3v) is 2.88. The molecule has 18 heavy (non-hydrogen) atoms. The summed E-state index contributed by atoms with van der Waals surface area (Å²) in [6.45, 7) is -0.178. The Morgan fingerprint density at radius 3 is 2.44 bits per heavy atom. The van der Waals surface area contributed by atoms with E-state index >= 15 is 0 Å². The highest BCUT2D eigenvalue weighted by atomic mass is 31.2. The van der Waals surface area contributed by atoms with Crippen molar-refractivity contribution in [2.24, 2.45) is 0 Å². The zero-order chi connectivity index (χ0) is 13.6. The molecule has 7 nitrogen and oxygen atoms in total. The molecule has 1 aromatic carbocycles. The molecule has 100 valence electrons. The van der Waals surface area contributed by atoms with Gasteiger partial charge in [0.2, 0.25) is 5.91 Å². The number of hydroxylamine groups is 1. The Hall–Kier alpha value is -1.24. The Bertz CT molecular complexity index is 433. The second-order valence-corrected chi connectivity index (χ2v) is 5.42. The molecule has 0 bridgehead atoms. The van der Waals surface area contributed by atoms with Gasteiger partial charge in [0.15, 0.2) is 0 Å². The number of rotatable bonds is 6. The molecule has 0 fully saturated rings. The normalized spacial score (nSPS) is 11.6. The Labute approximate surface area is 104 Å². The topological polar surface area (TPSA) is 113 Å². The fraction of sp³-hybridized carbons (Fsp3) is 0.300. The minimum atomic E-state index is -4.28. The molecule has 0 heterocycles. The van der Waals surface area contributed by atoms with Crippen molar-refractivity contribution in [3.63, 3.8) is 0 Å². The van der Waals surface area contributed by atoms with Gasteiger partial charge in [-0.15, -0.1) is 0 Å². The largest absolute Gasteiger partial charge is 0.759 e. The lowest BCUT2D eigenvalue weighted by Crippen LogP contribution is -2.35. The average molecular weight is 273 g/mol. The molecule has 0 aliphatic carbocycles. The van der Waals surface area contributed by atoms with Gasteiger partial charge in [0.05, 0.1) is 6.54 Å². The Balaban J connectivity index is 2.71. The second kappa shape index (κ2) is 6.63. The van der Waals surface area contributed by atoms with E-state index in [0.29, 0.717) is 0 Å². The van der Waals surface area contributed by atoms with Gasteiger partial charge in [-0.05, 0) is 5.56 Å². The smallest absolute Gasteiger partial charge is 0.339 e. The van der Waals surface area contributed by atoms with Gasteiger partial charge in [-0.2, -0.15) is 0 Å². The van der Waals surface area contributed by atoms with Crippen LogP contribution in [0.25, 0.3) is 0 Å². The van der Waals surface area contributed by atoms with Gasteiger partial charge >= 0.3 is 7.60 Å². The minimum Gasteiger partial charge on any atom is -0.759 e. The summed E-state index contributed by atoms with van der Waals surface area (Å²) in [5.74, 6) is -0.834. The lowest BCUT2D eigenvalue weighted by molar-refractivity contribution is -0.121. The average Bonchev–Trinajstić information content (AvgIpc) is 2.27. The van der Waals surface area contributed by atoms with Crippen molar-refractivity contribution in [3.8, 4) is 0 Å². The third-order valence-electron chi connectivity index (χ3n) is 2.11. The number of nitrogens with zero attached hydrogens (tertiary/aromatic N) is 1. The monoisotopic (exact) mass is 273 g/mol. The highest BCUT2D eigenvalue weighted by molar-refractivity contribution is 7.51. The first-order valence-electron chi connectivity index (χ1n) is 5.12. The first kappa shape index (κ1) is 14.8. The van der Waals surface area contributed by atoms with Crippen molar-refractivity contribution in [1.82, 2.24) is 10.4 Å². The number of nitrogens with one attached hydrogen (secondary N) is 1. The van der Waals surface area contributed by atoms with E-state index in [0.717, 1.165) is 5.56 Å². The summed E-state index contributed by atoms with van der Waals surface area (Å²) in [4.78, 5) is 30.0. The molecule has 1 rings (SSSR count). The molecule has 0 unspecified atom stereocenters. The van der Waals surface area contributed by atoms with Gasteiger partial charge in [0.1, 0.15) is 6.29 Å². The zero-order valence-electron chi connectivity index (χ0n) is 9.52. The van der Waals surface area contributed by atoms with Crippen molar-refractivity contribution in [2.75, 3.05) is 12.8 Å². The van der Waals surface area contributed by atoms with Crippen LogP contribution in [-0.2, 0) is 15.9 Å².